The van der Waals surface area contributed by atoms with E-state index in [0.717, 1.165) is 0 Å². The van der Waals surface area contributed by atoms with Gasteiger partial charge in [0.1, 0.15) is 25.1 Å². The first-order valence-corrected chi connectivity index (χ1v) is 8.61. The minimum atomic E-state index is -0.890. The summed E-state index contributed by atoms with van der Waals surface area (Å²) < 4.78 is 10.4. The van der Waals surface area contributed by atoms with E-state index in [-0.39, 0.29) is 31.4 Å². The molecule has 7 nitrogen and oxygen atoms in total. The van der Waals surface area contributed by atoms with Crippen LogP contribution in [-0.4, -0.2) is 53.7 Å². The summed E-state index contributed by atoms with van der Waals surface area (Å²) in [6, 6.07) is 9.07. The molecule has 0 saturated heterocycles. The molecule has 2 rings (SSSR count). The van der Waals surface area contributed by atoms with Crippen molar-refractivity contribution in [1.82, 2.24) is 4.90 Å². The van der Waals surface area contributed by atoms with Gasteiger partial charge in [0, 0.05) is 25.1 Å². The molecular formula is C19H23NO6. The highest BCUT2D eigenvalue weighted by Gasteiger charge is 2.22. The van der Waals surface area contributed by atoms with Crippen molar-refractivity contribution < 1.29 is 29.0 Å². The number of benzene rings is 1. The predicted octanol–water partition coefficient (Wildman–Crippen LogP) is 1.45. The summed E-state index contributed by atoms with van der Waals surface area (Å²) in [5.41, 5.74) is 0. The second-order valence-electron chi connectivity index (χ2n) is 5.93. The highest BCUT2D eigenvalue weighted by molar-refractivity contribution is 6.12. The van der Waals surface area contributed by atoms with Crippen molar-refractivity contribution in [2.45, 2.75) is 31.8 Å². The van der Waals surface area contributed by atoms with E-state index in [1.165, 1.54) is 17.1 Å². The van der Waals surface area contributed by atoms with Crippen LogP contribution in [0.5, 0.6) is 5.75 Å². The van der Waals surface area contributed by atoms with Crippen LogP contribution in [0.15, 0.2) is 42.5 Å². The summed E-state index contributed by atoms with van der Waals surface area (Å²) >= 11 is 0. The van der Waals surface area contributed by atoms with Crippen molar-refractivity contribution in [3.05, 3.63) is 42.5 Å². The van der Waals surface area contributed by atoms with Crippen LogP contribution in [0.25, 0.3) is 0 Å². The van der Waals surface area contributed by atoms with Crippen molar-refractivity contribution in [2.24, 2.45) is 0 Å². The molecule has 0 radical (unpaired) electrons. The third-order valence-corrected chi connectivity index (χ3v) is 3.79. The van der Waals surface area contributed by atoms with Crippen LogP contribution >= 0.6 is 0 Å². The zero-order valence-corrected chi connectivity index (χ0v) is 14.5. The zero-order chi connectivity index (χ0) is 18.8. The lowest BCUT2D eigenvalue weighted by atomic mass is 10.2. The van der Waals surface area contributed by atoms with Gasteiger partial charge in [0.25, 0.3) is 11.8 Å². The smallest absolute Gasteiger partial charge is 0.305 e. The largest absolute Gasteiger partial charge is 0.491 e. The Morgan fingerprint density at radius 1 is 1.00 bits per heavy atom. The van der Waals surface area contributed by atoms with Gasteiger partial charge in [-0.25, -0.2) is 0 Å². The highest BCUT2D eigenvalue weighted by Crippen LogP contribution is 2.10. The molecule has 1 aromatic rings. The van der Waals surface area contributed by atoms with Crippen molar-refractivity contribution in [2.75, 3.05) is 19.8 Å². The lowest BCUT2D eigenvalue weighted by molar-refractivity contribution is -0.147. The summed E-state index contributed by atoms with van der Waals surface area (Å²) in [7, 11) is 0. The Labute approximate surface area is 152 Å². The average Bonchev–Trinajstić information content (AvgIpc) is 2.97. The van der Waals surface area contributed by atoms with Crippen molar-refractivity contribution >= 4 is 17.8 Å². The molecule has 0 bridgehead atoms. The van der Waals surface area contributed by atoms with Crippen LogP contribution in [0.4, 0.5) is 0 Å². The number of carbonyl (C=O) groups is 3. The van der Waals surface area contributed by atoms with Gasteiger partial charge in [-0.3, -0.25) is 19.3 Å². The first-order chi connectivity index (χ1) is 12.6. The summed E-state index contributed by atoms with van der Waals surface area (Å²) in [5, 5.41) is 9.76. The SMILES string of the molecule is O=C(CCCCCN1C(=O)C=CC1=O)OCC(O)COc1ccccc1. The molecule has 26 heavy (non-hydrogen) atoms. The summed E-state index contributed by atoms with van der Waals surface area (Å²) in [6.45, 7) is 0.284. The van der Waals surface area contributed by atoms with Gasteiger partial charge < -0.3 is 14.6 Å². The minimum absolute atomic E-state index is 0.0449. The normalized spacial score (nSPS) is 14.6. The number of nitrogens with zero attached hydrogens (tertiary/aromatic N) is 1. The van der Waals surface area contributed by atoms with Gasteiger partial charge in [0.05, 0.1) is 0 Å². The van der Waals surface area contributed by atoms with E-state index in [9.17, 15) is 19.5 Å². The van der Waals surface area contributed by atoms with E-state index in [0.29, 0.717) is 31.6 Å². The van der Waals surface area contributed by atoms with E-state index in [4.69, 9.17) is 9.47 Å². The Morgan fingerprint density at radius 2 is 1.69 bits per heavy atom. The van der Waals surface area contributed by atoms with E-state index < -0.39 is 12.1 Å². The molecular weight excluding hydrogens is 338 g/mol. The van der Waals surface area contributed by atoms with Gasteiger partial charge in [0.2, 0.25) is 0 Å². The number of para-hydroxylation sites is 1. The molecule has 0 aliphatic carbocycles. The predicted molar refractivity (Wildman–Crippen MR) is 93.2 cm³/mol. The van der Waals surface area contributed by atoms with Gasteiger partial charge in [-0.2, -0.15) is 0 Å². The molecule has 0 aromatic heterocycles. The van der Waals surface area contributed by atoms with Crippen LogP contribution in [0.2, 0.25) is 0 Å². The van der Waals surface area contributed by atoms with Crippen LogP contribution in [0, 0.1) is 0 Å². The molecule has 1 atom stereocenters. The average molecular weight is 361 g/mol. The molecule has 0 saturated carbocycles. The summed E-state index contributed by atoms with van der Waals surface area (Å²) in [4.78, 5) is 35.5. The molecule has 1 aliphatic rings. The quantitative estimate of drug-likeness (QED) is 0.364. The maximum absolute atomic E-state index is 11.6. The van der Waals surface area contributed by atoms with Gasteiger partial charge in [-0.15, -0.1) is 0 Å². The van der Waals surface area contributed by atoms with Gasteiger partial charge in [0.15, 0.2) is 0 Å². The number of esters is 1. The number of imide groups is 1. The number of aliphatic hydroxyl groups is 1. The van der Waals surface area contributed by atoms with Crippen LogP contribution in [0.1, 0.15) is 25.7 Å². The molecule has 1 aromatic carbocycles. The van der Waals surface area contributed by atoms with E-state index in [1.807, 2.05) is 18.2 Å². The number of amides is 2. The second kappa shape index (κ2) is 10.4. The van der Waals surface area contributed by atoms with Gasteiger partial charge in [-0.05, 0) is 25.0 Å². The Kier molecular flexibility index (Phi) is 7.82. The second-order valence-corrected chi connectivity index (χ2v) is 5.93. The van der Waals surface area contributed by atoms with Gasteiger partial charge >= 0.3 is 5.97 Å². The maximum atomic E-state index is 11.6. The summed E-state index contributed by atoms with van der Waals surface area (Å²) in [6.07, 6.45) is 3.79. The minimum Gasteiger partial charge on any atom is -0.491 e. The van der Waals surface area contributed by atoms with Crippen molar-refractivity contribution in [1.29, 1.82) is 0 Å². The molecule has 7 heteroatoms. The zero-order valence-electron chi connectivity index (χ0n) is 14.5. The number of ether oxygens (including phenoxy) is 2. The third-order valence-electron chi connectivity index (χ3n) is 3.79. The topological polar surface area (TPSA) is 93.1 Å². The van der Waals surface area contributed by atoms with Gasteiger partial charge in [-0.1, -0.05) is 24.6 Å². The summed E-state index contributed by atoms with van der Waals surface area (Å²) in [5.74, 6) is -0.330. The monoisotopic (exact) mass is 361 g/mol. The third kappa shape index (κ3) is 6.68. The molecule has 1 heterocycles. The number of hydrogen-bond donors (Lipinski definition) is 1. The fourth-order valence-electron chi connectivity index (χ4n) is 2.39. The molecule has 0 spiro atoms. The van der Waals surface area contributed by atoms with E-state index in [2.05, 4.69) is 0 Å². The number of aliphatic hydroxyl groups excluding tert-OH is 1. The molecule has 1 aliphatic heterocycles. The molecule has 2 amide bonds. The van der Waals surface area contributed by atoms with Crippen LogP contribution < -0.4 is 4.74 Å². The Morgan fingerprint density at radius 3 is 2.38 bits per heavy atom. The number of rotatable bonds is 11. The number of unbranched alkanes of at least 4 members (excludes halogenated alkanes) is 2. The fraction of sp³-hybridized carbons (Fsp3) is 0.421. The first-order valence-electron chi connectivity index (χ1n) is 8.61. The van der Waals surface area contributed by atoms with Crippen LogP contribution in [-0.2, 0) is 19.1 Å². The van der Waals surface area contributed by atoms with Crippen LogP contribution in [0.3, 0.4) is 0 Å². The number of hydrogen-bond acceptors (Lipinski definition) is 6. The van der Waals surface area contributed by atoms with Crippen molar-refractivity contribution in [3.8, 4) is 5.75 Å². The molecule has 1 unspecified atom stereocenters. The fourth-order valence-corrected chi connectivity index (χ4v) is 2.39. The standard InChI is InChI=1S/C19H23NO6/c21-15(13-25-16-7-3-1-4-8-16)14-26-19(24)9-5-2-6-12-20-17(22)10-11-18(20)23/h1,3-4,7-8,10-11,15,21H,2,5-6,9,12-14H2. The Bertz CT molecular complexity index is 625. The first kappa shape index (κ1) is 19.7. The lowest BCUT2D eigenvalue weighted by Crippen LogP contribution is -2.30. The van der Waals surface area contributed by atoms with Crippen molar-refractivity contribution in [3.63, 3.8) is 0 Å². The maximum Gasteiger partial charge on any atom is 0.305 e. The Balaban J connectivity index is 1.49. The molecule has 1 N–H and O–H groups in total. The van der Waals surface area contributed by atoms with E-state index in [1.54, 1.807) is 12.1 Å². The Hall–Kier alpha value is -2.67. The molecule has 140 valence electrons. The number of carbonyl (C=O) groups excluding carboxylic acids is 3. The highest BCUT2D eigenvalue weighted by atomic mass is 16.5. The lowest BCUT2D eigenvalue weighted by Gasteiger charge is -2.14. The molecule has 0 fully saturated rings. The van der Waals surface area contributed by atoms with E-state index >= 15 is 0 Å².